The number of rotatable bonds is 1. The van der Waals surface area contributed by atoms with Crippen molar-refractivity contribution in [3.8, 4) is 11.1 Å². The standard InChI is InChI=1S/C25H19N3/c1-27-21-13-4-2-8-16(21)18-11-6-12-19(25(18)27)17-10-7-15-23-24(17)20-9-3-5-14-22(20)28(23)26/h2-15H,26H2,1H3. The van der Waals surface area contributed by atoms with Crippen molar-refractivity contribution in [3.63, 3.8) is 0 Å². The van der Waals surface area contributed by atoms with Crippen molar-refractivity contribution in [2.24, 2.45) is 7.05 Å². The Hall–Kier alpha value is -3.72. The topological polar surface area (TPSA) is 35.9 Å². The summed E-state index contributed by atoms with van der Waals surface area (Å²) in [7, 11) is 2.15. The summed E-state index contributed by atoms with van der Waals surface area (Å²) in [4.78, 5) is 0. The van der Waals surface area contributed by atoms with Gasteiger partial charge in [-0.25, -0.2) is 0 Å². The van der Waals surface area contributed by atoms with Crippen LogP contribution >= 0.6 is 0 Å². The zero-order valence-electron chi connectivity index (χ0n) is 15.6. The van der Waals surface area contributed by atoms with Gasteiger partial charge in [-0.3, -0.25) is 4.68 Å². The fourth-order valence-corrected chi connectivity index (χ4v) is 4.73. The molecule has 0 saturated heterocycles. The summed E-state index contributed by atoms with van der Waals surface area (Å²) in [5, 5.41) is 4.96. The van der Waals surface area contributed by atoms with Gasteiger partial charge in [-0.2, -0.15) is 0 Å². The SMILES string of the molecule is Cn1c2ccccc2c2cccc(-c3cccc4c3c3ccccc3n4N)c21. The smallest absolute Gasteiger partial charge is 0.0709 e. The molecule has 2 aromatic heterocycles. The summed E-state index contributed by atoms with van der Waals surface area (Å²) >= 11 is 0. The highest BCUT2D eigenvalue weighted by Gasteiger charge is 2.17. The molecule has 2 heterocycles. The molecule has 0 aliphatic heterocycles. The maximum Gasteiger partial charge on any atom is 0.0709 e. The Balaban J connectivity index is 1.83. The van der Waals surface area contributed by atoms with Crippen LogP contribution in [-0.2, 0) is 7.05 Å². The normalized spacial score (nSPS) is 11.9. The first-order chi connectivity index (χ1) is 13.8. The Morgan fingerprint density at radius 2 is 1.18 bits per heavy atom. The van der Waals surface area contributed by atoms with Crippen LogP contribution in [0.25, 0.3) is 54.7 Å². The van der Waals surface area contributed by atoms with Crippen LogP contribution in [-0.4, -0.2) is 9.24 Å². The summed E-state index contributed by atoms with van der Waals surface area (Å²) in [5.74, 6) is 6.44. The van der Waals surface area contributed by atoms with E-state index in [0.717, 1.165) is 11.0 Å². The number of nitrogen functional groups attached to an aromatic ring is 1. The summed E-state index contributed by atoms with van der Waals surface area (Å²) in [5.41, 5.74) is 7.06. The average Bonchev–Trinajstić information content (AvgIpc) is 3.21. The molecule has 0 amide bonds. The monoisotopic (exact) mass is 361 g/mol. The van der Waals surface area contributed by atoms with Gasteiger partial charge in [0.15, 0.2) is 0 Å². The van der Waals surface area contributed by atoms with E-state index in [2.05, 4.69) is 90.5 Å². The van der Waals surface area contributed by atoms with E-state index in [1.165, 1.54) is 43.7 Å². The van der Waals surface area contributed by atoms with Crippen molar-refractivity contribution in [2.45, 2.75) is 0 Å². The highest BCUT2D eigenvalue weighted by molar-refractivity contribution is 6.19. The van der Waals surface area contributed by atoms with Crippen LogP contribution in [0.15, 0.2) is 84.9 Å². The third kappa shape index (κ3) is 1.83. The summed E-state index contributed by atoms with van der Waals surface area (Å²) < 4.78 is 4.11. The second-order valence-electron chi connectivity index (χ2n) is 7.36. The largest absolute Gasteiger partial charge is 0.343 e. The molecule has 0 fully saturated rings. The molecule has 4 aromatic carbocycles. The molecular weight excluding hydrogens is 342 g/mol. The van der Waals surface area contributed by atoms with Crippen molar-refractivity contribution >= 4 is 43.6 Å². The molecule has 3 heteroatoms. The van der Waals surface area contributed by atoms with Gasteiger partial charge in [0.25, 0.3) is 0 Å². The molecule has 0 unspecified atom stereocenters. The number of aromatic nitrogens is 2. The summed E-state index contributed by atoms with van der Waals surface area (Å²) in [6.07, 6.45) is 0. The molecule has 3 nitrogen and oxygen atoms in total. The Labute approximate surface area is 162 Å². The lowest BCUT2D eigenvalue weighted by molar-refractivity contribution is 1.02. The predicted octanol–water partition coefficient (Wildman–Crippen LogP) is 5.82. The van der Waals surface area contributed by atoms with Gasteiger partial charge in [-0.1, -0.05) is 66.7 Å². The number of hydrogen-bond donors (Lipinski definition) is 1. The number of aryl methyl sites for hydroxylation is 1. The van der Waals surface area contributed by atoms with Gasteiger partial charge in [0.05, 0.1) is 16.6 Å². The first-order valence-corrected chi connectivity index (χ1v) is 9.49. The van der Waals surface area contributed by atoms with Crippen LogP contribution in [0, 0.1) is 0 Å². The minimum Gasteiger partial charge on any atom is -0.343 e. The molecule has 0 atom stereocenters. The van der Waals surface area contributed by atoms with Gasteiger partial charge in [-0.15, -0.1) is 0 Å². The van der Waals surface area contributed by atoms with E-state index in [9.17, 15) is 0 Å². The van der Waals surface area contributed by atoms with Crippen LogP contribution in [0.1, 0.15) is 0 Å². The lowest BCUT2D eigenvalue weighted by atomic mass is 9.97. The van der Waals surface area contributed by atoms with Crippen LogP contribution in [0.5, 0.6) is 0 Å². The number of para-hydroxylation sites is 3. The van der Waals surface area contributed by atoms with Gasteiger partial charge < -0.3 is 10.4 Å². The van der Waals surface area contributed by atoms with Gasteiger partial charge in [0, 0.05) is 39.7 Å². The molecule has 28 heavy (non-hydrogen) atoms. The van der Waals surface area contributed by atoms with E-state index in [1.807, 2.05) is 6.07 Å². The van der Waals surface area contributed by atoms with Crippen LogP contribution in [0.3, 0.4) is 0 Å². The average molecular weight is 361 g/mol. The van der Waals surface area contributed by atoms with Crippen molar-refractivity contribution in [1.82, 2.24) is 9.24 Å². The minimum atomic E-state index is 1.05. The first kappa shape index (κ1) is 15.3. The quantitative estimate of drug-likeness (QED) is 0.368. The number of nitrogens with two attached hydrogens (primary N) is 1. The summed E-state index contributed by atoms with van der Waals surface area (Å²) in [6.45, 7) is 0. The molecular formula is C25H19N3. The Kier molecular flexibility index (Phi) is 2.96. The maximum atomic E-state index is 6.44. The Bertz CT molecular complexity index is 1530. The third-order valence-corrected chi connectivity index (χ3v) is 5.95. The third-order valence-electron chi connectivity index (χ3n) is 5.95. The highest BCUT2D eigenvalue weighted by Crippen LogP contribution is 2.40. The Morgan fingerprint density at radius 3 is 2.04 bits per heavy atom. The number of nitrogens with zero attached hydrogens (tertiary/aromatic N) is 2. The molecule has 6 rings (SSSR count). The minimum absolute atomic E-state index is 1.05. The van der Waals surface area contributed by atoms with Gasteiger partial charge >= 0.3 is 0 Å². The van der Waals surface area contributed by atoms with E-state index in [0.29, 0.717) is 0 Å². The van der Waals surface area contributed by atoms with Crippen LogP contribution < -0.4 is 5.84 Å². The molecule has 0 aliphatic carbocycles. The number of hydrogen-bond acceptors (Lipinski definition) is 1. The Morgan fingerprint density at radius 1 is 0.571 bits per heavy atom. The molecule has 0 radical (unpaired) electrons. The molecule has 0 spiro atoms. The zero-order valence-corrected chi connectivity index (χ0v) is 15.6. The van der Waals surface area contributed by atoms with E-state index >= 15 is 0 Å². The van der Waals surface area contributed by atoms with Crippen LogP contribution in [0.4, 0.5) is 0 Å². The van der Waals surface area contributed by atoms with Gasteiger partial charge in [0.1, 0.15) is 0 Å². The second-order valence-corrected chi connectivity index (χ2v) is 7.36. The van der Waals surface area contributed by atoms with Crippen molar-refractivity contribution in [3.05, 3.63) is 84.9 Å². The second kappa shape index (κ2) is 5.40. The lowest BCUT2D eigenvalue weighted by Crippen LogP contribution is -2.06. The first-order valence-electron chi connectivity index (χ1n) is 9.49. The van der Waals surface area contributed by atoms with Crippen molar-refractivity contribution in [1.29, 1.82) is 0 Å². The number of benzene rings is 4. The van der Waals surface area contributed by atoms with Crippen LogP contribution in [0.2, 0.25) is 0 Å². The van der Waals surface area contributed by atoms with Gasteiger partial charge in [0.2, 0.25) is 0 Å². The maximum absolute atomic E-state index is 6.44. The van der Waals surface area contributed by atoms with Crippen molar-refractivity contribution in [2.75, 3.05) is 5.84 Å². The molecule has 0 aliphatic rings. The fraction of sp³-hybridized carbons (Fsp3) is 0.0400. The van der Waals surface area contributed by atoms with E-state index in [4.69, 9.17) is 5.84 Å². The summed E-state index contributed by atoms with van der Waals surface area (Å²) in [6, 6.07) is 30.0. The predicted molar refractivity (Wildman–Crippen MR) is 119 cm³/mol. The molecule has 2 N–H and O–H groups in total. The van der Waals surface area contributed by atoms with E-state index < -0.39 is 0 Å². The fourth-order valence-electron chi connectivity index (χ4n) is 4.73. The van der Waals surface area contributed by atoms with E-state index in [-0.39, 0.29) is 0 Å². The lowest BCUT2D eigenvalue weighted by Gasteiger charge is -2.09. The van der Waals surface area contributed by atoms with Crippen molar-refractivity contribution < 1.29 is 0 Å². The highest BCUT2D eigenvalue weighted by atomic mass is 15.3. The van der Waals surface area contributed by atoms with E-state index in [1.54, 1.807) is 4.68 Å². The zero-order chi connectivity index (χ0) is 18.8. The number of fused-ring (bicyclic) bond motifs is 6. The molecule has 0 saturated carbocycles. The molecule has 0 bridgehead atoms. The van der Waals surface area contributed by atoms with Gasteiger partial charge in [-0.05, 0) is 23.8 Å². The molecule has 134 valence electrons. The molecule has 6 aromatic rings.